The van der Waals surface area contributed by atoms with Gasteiger partial charge in [-0.1, -0.05) is 0 Å². The minimum absolute atomic E-state index is 0.0353. The summed E-state index contributed by atoms with van der Waals surface area (Å²) in [7, 11) is 1.30. The number of hydrogen-bond donors (Lipinski definition) is 1. The highest BCUT2D eigenvalue weighted by Crippen LogP contribution is 2.30. The number of benzene rings is 1. The van der Waals surface area contributed by atoms with Crippen LogP contribution in [0.5, 0.6) is 11.5 Å². The van der Waals surface area contributed by atoms with Gasteiger partial charge in [-0.25, -0.2) is 0 Å². The molecule has 1 atom stereocenters. The van der Waals surface area contributed by atoms with E-state index in [0.717, 1.165) is 5.75 Å². The Balaban J connectivity index is 2.01. The van der Waals surface area contributed by atoms with E-state index in [0.29, 0.717) is 12.3 Å². The Morgan fingerprint density at radius 3 is 2.88 bits per heavy atom. The third kappa shape index (κ3) is 4.99. The van der Waals surface area contributed by atoms with Crippen LogP contribution in [0.4, 0.5) is 5.69 Å². The van der Waals surface area contributed by atoms with Crippen molar-refractivity contribution >= 4 is 29.3 Å². The molecule has 0 aromatic heterocycles. The van der Waals surface area contributed by atoms with Crippen LogP contribution in [0, 0.1) is 10.1 Å². The number of rotatable bonds is 7. The normalized spacial score (nSPS) is 17.0. The topological polar surface area (TPSA) is 119 Å². The molecule has 0 saturated carbocycles. The van der Waals surface area contributed by atoms with Crippen molar-refractivity contribution in [2.75, 3.05) is 31.8 Å². The molecule has 9 nitrogen and oxygen atoms in total. The van der Waals surface area contributed by atoms with Crippen molar-refractivity contribution in [3.63, 3.8) is 0 Å². The summed E-state index contributed by atoms with van der Waals surface area (Å²) < 4.78 is 10.3. The second kappa shape index (κ2) is 8.56. The monoisotopic (exact) mass is 370 g/mol. The van der Waals surface area contributed by atoms with Gasteiger partial charge in [-0.2, -0.15) is 11.8 Å². The standard InChI is InChI=1S/C15H18N2O7S/c1-23-13-7-11(2-3-12(13)17(21)22)24-8-14(18)16-4-5-25-9-10(16)6-15(19)20/h2-3,7,10H,4-6,8-9H2,1H3,(H,19,20). The largest absolute Gasteiger partial charge is 0.490 e. The van der Waals surface area contributed by atoms with E-state index in [2.05, 4.69) is 0 Å². The van der Waals surface area contributed by atoms with Crippen LogP contribution in [0.15, 0.2) is 18.2 Å². The number of nitro groups is 1. The SMILES string of the molecule is COc1cc(OCC(=O)N2CCSCC2CC(=O)O)ccc1[N+](=O)[O-]. The summed E-state index contributed by atoms with van der Waals surface area (Å²) >= 11 is 1.61. The van der Waals surface area contributed by atoms with E-state index in [1.807, 2.05) is 0 Å². The summed E-state index contributed by atoms with van der Waals surface area (Å²) in [6.07, 6.45) is -0.107. The predicted octanol–water partition coefficient (Wildman–Crippen LogP) is 1.40. The van der Waals surface area contributed by atoms with Crippen LogP contribution in [0.25, 0.3) is 0 Å². The third-order valence-corrected chi connectivity index (χ3v) is 4.76. The number of carboxylic acids is 1. The lowest BCUT2D eigenvalue weighted by atomic mass is 10.2. The number of aliphatic carboxylic acids is 1. The molecule has 1 saturated heterocycles. The van der Waals surface area contributed by atoms with Crippen LogP contribution >= 0.6 is 11.8 Å². The maximum absolute atomic E-state index is 12.4. The molecule has 0 bridgehead atoms. The molecule has 0 radical (unpaired) electrons. The number of carbonyl (C=O) groups excluding carboxylic acids is 1. The molecule has 1 N–H and O–H groups in total. The zero-order valence-electron chi connectivity index (χ0n) is 13.5. The van der Waals surface area contributed by atoms with Gasteiger partial charge in [-0.05, 0) is 6.07 Å². The Morgan fingerprint density at radius 2 is 2.24 bits per heavy atom. The minimum atomic E-state index is -0.952. The summed E-state index contributed by atoms with van der Waals surface area (Å²) in [5.74, 6) is 0.344. The van der Waals surface area contributed by atoms with E-state index in [4.69, 9.17) is 14.6 Å². The van der Waals surface area contributed by atoms with Gasteiger partial charge in [0.1, 0.15) is 5.75 Å². The molecule has 10 heteroatoms. The van der Waals surface area contributed by atoms with E-state index >= 15 is 0 Å². The van der Waals surface area contributed by atoms with Crippen LogP contribution in [0.1, 0.15) is 6.42 Å². The van der Waals surface area contributed by atoms with Gasteiger partial charge < -0.3 is 19.5 Å². The molecule has 1 aromatic carbocycles. The number of nitrogens with zero attached hydrogens (tertiary/aromatic N) is 2. The molecule has 0 spiro atoms. The average Bonchev–Trinajstić information content (AvgIpc) is 2.59. The van der Waals surface area contributed by atoms with Crippen molar-refractivity contribution in [2.24, 2.45) is 0 Å². The second-order valence-electron chi connectivity index (χ2n) is 5.29. The van der Waals surface area contributed by atoms with Crippen LogP contribution < -0.4 is 9.47 Å². The fraction of sp³-hybridized carbons (Fsp3) is 0.467. The highest BCUT2D eigenvalue weighted by atomic mass is 32.2. The van der Waals surface area contributed by atoms with Gasteiger partial charge in [0.15, 0.2) is 6.61 Å². The van der Waals surface area contributed by atoms with E-state index in [9.17, 15) is 19.7 Å². The Hall–Kier alpha value is -2.49. The molecule has 1 aliphatic heterocycles. The van der Waals surface area contributed by atoms with Crippen molar-refractivity contribution in [1.82, 2.24) is 4.90 Å². The number of nitro benzene ring substituents is 1. The Kier molecular flexibility index (Phi) is 6.45. The molecule has 1 aromatic rings. The van der Waals surface area contributed by atoms with Crippen molar-refractivity contribution in [1.29, 1.82) is 0 Å². The number of methoxy groups -OCH3 is 1. The first-order valence-electron chi connectivity index (χ1n) is 7.46. The van der Waals surface area contributed by atoms with Crippen LogP contribution in [0.3, 0.4) is 0 Å². The molecule has 136 valence electrons. The summed E-state index contributed by atoms with van der Waals surface area (Å²) in [6.45, 7) is 0.191. The molecule has 2 rings (SSSR count). The quantitative estimate of drug-likeness (QED) is 0.565. The van der Waals surface area contributed by atoms with Crippen molar-refractivity contribution in [3.8, 4) is 11.5 Å². The maximum atomic E-state index is 12.4. The molecule has 1 amide bonds. The number of carbonyl (C=O) groups is 2. The molecule has 25 heavy (non-hydrogen) atoms. The summed E-state index contributed by atoms with van der Waals surface area (Å²) in [5.41, 5.74) is -0.198. The maximum Gasteiger partial charge on any atom is 0.311 e. The van der Waals surface area contributed by atoms with Gasteiger partial charge in [-0.3, -0.25) is 19.7 Å². The second-order valence-corrected chi connectivity index (χ2v) is 6.44. The molecule has 1 heterocycles. The molecular formula is C15H18N2O7S. The molecule has 0 aliphatic carbocycles. The number of amides is 1. The number of thioether (sulfide) groups is 1. The van der Waals surface area contributed by atoms with Gasteiger partial charge in [0.25, 0.3) is 5.91 Å². The molecule has 1 fully saturated rings. The highest BCUT2D eigenvalue weighted by molar-refractivity contribution is 7.99. The van der Waals surface area contributed by atoms with Gasteiger partial charge in [0, 0.05) is 30.2 Å². The number of hydrogen-bond acceptors (Lipinski definition) is 7. The molecule has 1 unspecified atom stereocenters. The van der Waals surface area contributed by atoms with Crippen molar-refractivity contribution < 1.29 is 29.1 Å². The van der Waals surface area contributed by atoms with E-state index in [1.165, 1.54) is 30.2 Å². The summed E-state index contributed by atoms with van der Waals surface area (Å²) in [6, 6.07) is 3.60. The minimum Gasteiger partial charge on any atom is -0.490 e. The first-order valence-corrected chi connectivity index (χ1v) is 8.62. The van der Waals surface area contributed by atoms with E-state index in [-0.39, 0.29) is 42.2 Å². The number of carboxylic acid groups (broad SMARTS) is 1. The Bertz CT molecular complexity index is 667. The smallest absolute Gasteiger partial charge is 0.311 e. The van der Waals surface area contributed by atoms with Gasteiger partial charge >= 0.3 is 11.7 Å². The Morgan fingerprint density at radius 1 is 1.48 bits per heavy atom. The molecular weight excluding hydrogens is 352 g/mol. The van der Waals surface area contributed by atoms with Crippen LogP contribution in [0.2, 0.25) is 0 Å². The fourth-order valence-corrected chi connectivity index (χ4v) is 3.54. The molecule has 1 aliphatic rings. The highest BCUT2D eigenvalue weighted by Gasteiger charge is 2.29. The van der Waals surface area contributed by atoms with Crippen LogP contribution in [-0.4, -0.2) is 64.6 Å². The van der Waals surface area contributed by atoms with Gasteiger partial charge in [-0.15, -0.1) is 0 Å². The van der Waals surface area contributed by atoms with Gasteiger partial charge in [0.05, 0.1) is 24.5 Å². The third-order valence-electron chi connectivity index (χ3n) is 3.67. The fourth-order valence-electron chi connectivity index (χ4n) is 2.48. The van der Waals surface area contributed by atoms with Crippen molar-refractivity contribution in [2.45, 2.75) is 12.5 Å². The van der Waals surface area contributed by atoms with Crippen molar-refractivity contribution in [3.05, 3.63) is 28.3 Å². The first kappa shape index (κ1) is 18.8. The number of ether oxygens (including phenoxy) is 2. The lowest BCUT2D eigenvalue weighted by Crippen LogP contribution is -2.48. The van der Waals surface area contributed by atoms with Crippen LogP contribution in [-0.2, 0) is 9.59 Å². The summed E-state index contributed by atoms with van der Waals surface area (Å²) in [5, 5.41) is 19.8. The van der Waals surface area contributed by atoms with E-state index < -0.39 is 10.9 Å². The van der Waals surface area contributed by atoms with Gasteiger partial charge in [0.2, 0.25) is 5.75 Å². The Labute approximate surface area is 148 Å². The lowest BCUT2D eigenvalue weighted by Gasteiger charge is -2.34. The first-order chi connectivity index (χ1) is 11.9. The lowest BCUT2D eigenvalue weighted by molar-refractivity contribution is -0.385. The average molecular weight is 370 g/mol. The zero-order valence-corrected chi connectivity index (χ0v) is 14.4. The predicted molar refractivity (Wildman–Crippen MR) is 90.2 cm³/mol. The summed E-state index contributed by atoms with van der Waals surface area (Å²) in [4.78, 5) is 35.1. The van der Waals surface area contributed by atoms with E-state index in [1.54, 1.807) is 11.8 Å². The zero-order chi connectivity index (χ0) is 18.4.